The number of nitrogens with one attached hydrogen (secondary N) is 3. The van der Waals surface area contributed by atoms with E-state index >= 15 is 0 Å². The molecule has 33 heavy (non-hydrogen) atoms. The van der Waals surface area contributed by atoms with Gasteiger partial charge < -0.3 is 31.9 Å². The predicted octanol–water partition coefficient (Wildman–Crippen LogP) is 0.173. The number of carbonyl (C=O) groups is 5. The molecule has 0 rings (SSSR count). The van der Waals surface area contributed by atoms with Crippen molar-refractivity contribution in [3.63, 3.8) is 0 Å². The predicted molar refractivity (Wildman–Crippen MR) is 126 cm³/mol. The van der Waals surface area contributed by atoms with Crippen molar-refractivity contribution in [3.05, 3.63) is 0 Å². The number of rotatable bonds is 16. The van der Waals surface area contributed by atoms with Gasteiger partial charge in [0.25, 0.3) is 0 Å². The number of nitrogens with two attached hydrogens (primary N) is 1. The fourth-order valence-electron chi connectivity index (χ4n) is 2.91. The van der Waals surface area contributed by atoms with E-state index in [-0.39, 0.29) is 18.3 Å². The van der Waals surface area contributed by atoms with Gasteiger partial charge in [-0.15, -0.1) is 0 Å². The van der Waals surface area contributed by atoms with Crippen molar-refractivity contribution in [2.45, 2.75) is 77.5 Å². The molecular weight excluding hydrogens is 452 g/mol. The molecule has 3 amide bonds. The van der Waals surface area contributed by atoms with Gasteiger partial charge in [-0.1, -0.05) is 34.1 Å². The fourth-order valence-corrected chi connectivity index (χ4v) is 3.38. The average Bonchev–Trinajstić information content (AvgIpc) is 2.73. The minimum atomic E-state index is -1.64. The van der Waals surface area contributed by atoms with Gasteiger partial charge in [-0.2, -0.15) is 11.8 Å². The highest BCUT2D eigenvalue weighted by atomic mass is 32.2. The van der Waals surface area contributed by atoms with Crippen LogP contribution in [0.1, 0.15) is 53.4 Å². The number of carbonyl (C=O) groups excluding carboxylic acids is 3. The molecule has 0 fully saturated rings. The zero-order valence-electron chi connectivity index (χ0n) is 19.9. The second-order valence-electron chi connectivity index (χ2n) is 8.44. The zero-order chi connectivity index (χ0) is 25.7. The largest absolute Gasteiger partial charge is 0.481 e. The first-order valence-electron chi connectivity index (χ1n) is 10.9. The maximum Gasteiger partial charge on any atom is 0.326 e. The SMILES string of the molecule is CCC(C)C(N)C(=O)NC(CC(C)C)C(=O)NC(CCSC)C(=O)NC(CC(=O)O)C(=O)O. The Hall–Kier alpha value is -2.34. The van der Waals surface area contributed by atoms with Crippen molar-refractivity contribution in [3.8, 4) is 0 Å². The van der Waals surface area contributed by atoms with E-state index in [0.717, 1.165) is 0 Å². The molecule has 0 aromatic carbocycles. The summed E-state index contributed by atoms with van der Waals surface area (Å²) in [4.78, 5) is 60.4. The highest BCUT2D eigenvalue weighted by Gasteiger charge is 2.31. The molecule has 5 atom stereocenters. The maximum absolute atomic E-state index is 13.0. The standard InChI is InChI=1S/C21H38N4O7S/c1-6-12(4)17(22)20(30)24-14(9-11(2)3)19(29)23-13(7-8-33-5)18(28)25-15(21(31)32)10-16(26)27/h11-15,17H,6-10,22H2,1-5H3,(H,23,29)(H,24,30)(H,25,28)(H,26,27)(H,31,32). The number of hydrogen-bond acceptors (Lipinski definition) is 7. The van der Waals surface area contributed by atoms with Gasteiger partial charge in [0.15, 0.2) is 0 Å². The monoisotopic (exact) mass is 490 g/mol. The summed E-state index contributed by atoms with van der Waals surface area (Å²) >= 11 is 1.42. The van der Waals surface area contributed by atoms with Crippen molar-refractivity contribution < 1.29 is 34.2 Å². The van der Waals surface area contributed by atoms with Gasteiger partial charge in [-0.25, -0.2) is 4.79 Å². The first-order valence-corrected chi connectivity index (χ1v) is 12.3. The van der Waals surface area contributed by atoms with E-state index in [1.165, 1.54) is 11.8 Å². The Morgan fingerprint density at radius 1 is 0.879 bits per heavy atom. The average molecular weight is 491 g/mol. The van der Waals surface area contributed by atoms with Crippen LogP contribution >= 0.6 is 11.8 Å². The maximum atomic E-state index is 13.0. The third-order valence-electron chi connectivity index (χ3n) is 5.14. The lowest BCUT2D eigenvalue weighted by Crippen LogP contribution is -2.58. The number of thioether (sulfide) groups is 1. The number of carboxylic acid groups (broad SMARTS) is 2. The number of hydrogen-bond donors (Lipinski definition) is 6. The molecule has 190 valence electrons. The Balaban J connectivity index is 5.51. The molecule has 0 spiro atoms. The Bertz CT molecular complexity index is 690. The van der Waals surface area contributed by atoms with Crippen LogP contribution in [0.25, 0.3) is 0 Å². The highest BCUT2D eigenvalue weighted by molar-refractivity contribution is 7.98. The van der Waals surface area contributed by atoms with Gasteiger partial charge in [-0.3, -0.25) is 19.2 Å². The number of carboxylic acids is 2. The lowest BCUT2D eigenvalue weighted by atomic mass is 9.97. The molecule has 11 nitrogen and oxygen atoms in total. The molecule has 0 bridgehead atoms. The molecule has 0 aromatic heterocycles. The molecule has 0 aliphatic rings. The van der Waals surface area contributed by atoms with Crippen molar-refractivity contribution in [2.24, 2.45) is 17.6 Å². The third-order valence-corrected chi connectivity index (χ3v) is 5.78. The van der Waals surface area contributed by atoms with Crippen LogP contribution in [0.2, 0.25) is 0 Å². The number of aliphatic carboxylic acids is 2. The highest BCUT2D eigenvalue weighted by Crippen LogP contribution is 2.10. The van der Waals surface area contributed by atoms with Crippen molar-refractivity contribution >= 4 is 41.4 Å². The summed E-state index contributed by atoms with van der Waals surface area (Å²) in [7, 11) is 0. The van der Waals surface area contributed by atoms with E-state index in [4.69, 9.17) is 10.8 Å². The Morgan fingerprint density at radius 3 is 1.85 bits per heavy atom. The van der Waals surface area contributed by atoms with Crippen LogP contribution in [-0.2, 0) is 24.0 Å². The second kappa shape index (κ2) is 15.5. The van der Waals surface area contributed by atoms with Gasteiger partial charge in [-0.05, 0) is 36.7 Å². The van der Waals surface area contributed by atoms with Crippen LogP contribution in [0.5, 0.6) is 0 Å². The van der Waals surface area contributed by atoms with E-state index in [9.17, 15) is 29.1 Å². The van der Waals surface area contributed by atoms with Gasteiger partial charge in [0.05, 0.1) is 12.5 Å². The van der Waals surface area contributed by atoms with Gasteiger partial charge in [0.1, 0.15) is 18.1 Å². The van der Waals surface area contributed by atoms with Gasteiger partial charge in [0.2, 0.25) is 17.7 Å². The molecule has 5 unspecified atom stereocenters. The Kier molecular flexibility index (Phi) is 14.4. The van der Waals surface area contributed by atoms with Crippen LogP contribution in [0.3, 0.4) is 0 Å². The van der Waals surface area contributed by atoms with Crippen molar-refractivity contribution in [1.82, 2.24) is 16.0 Å². The van der Waals surface area contributed by atoms with Gasteiger partial charge >= 0.3 is 11.9 Å². The van der Waals surface area contributed by atoms with E-state index in [1.54, 1.807) is 6.26 Å². The molecule has 0 radical (unpaired) electrons. The topological polar surface area (TPSA) is 188 Å². The smallest absolute Gasteiger partial charge is 0.326 e. The van der Waals surface area contributed by atoms with Crippen LogP contribution in [0.4, 0.5) is 0 Å². The summed E-state index contributed by atoms with van der Waals surface area (Å²) in [6.45, 7) is 7.49. The lowest BCUT2D eigenvalue weighted by molar-refractivity contribution is -0.147. The summed E-state index contributed by atoms with van der Waals surface area (Å²) in [6, 6.07) is -4.47. The molecule has 0 aliphatic carbocycles. The quantitative estimate of drug-likeness (QED) is 0.175. The van der Waals surface area contributed by atoms with E-state index in [2.05, 4.69) is 16.0 Å². The van der Waals surface area contributed by atoms with Crippen LogP contribution in [0, 0.1) is 11.8 Å². The van der Waals surface area contributed by atoms with Crippen LogP contribution in [0.15, 0.2) is 0 Å². The molecule has 0 saturated carbocycles. The summed E-state index contributed by atoms with van der Waals surface area (Å²) in [5.74, 6) is -4.31. The molecule has 0 aromatic rings. The summed E-state index contributed by atoms with van der Waals surface area (Å²) in [5.41, 5.74) is 5.97. The normalized spacial score (nSPS) is 15.6. The summed E-state index contributed by atoms with van der Waals surface area (Å²) in [5, 5.41) is 25.5. The van der Waals surface area contributed by atoms with Crippen molar-refractivity contribution in [2.75, 3.05) is 12.0 Å². The molecule has 0 heterocycles. The Morgan fingerprint density at radius 2 is 1.39 bits per heavy atom. The van der Waals surface area contributed by atoms with Gasteiger partial charge in [0, 0.05) is 0 Å². The second-order valence-corrected chi connectivity index (χ2v) is 9.43. The minimum absolute atomic E-state index is 0.0475. The zero-order valence-corrected chi connectivity index (χ0v) is 20.7. The summed E-state index contributed by atoms with van der Waals surface area (Å²) in [6.07, 6.45) is 2.18. The first kappa shape index (κ1) is 30.7. The molecule has 0 aliphatic heterocycles. The van der Waals surface area contributed by atoms with E-state index < -0.39 is 60.2 Å². The number of amides is 3. The molecule has 7 N–H and O–H groups in total. The Labute approximate surface area is 199 Å². The van der Waals surface area contributed by atoms with E-state index in [1.807, 2.05) is 27.7 Å². The van der Waals surface area contributed by atoms with Crippen LogP contribution < -0.4 is 21.7 Å². The third kappa shape index (κ3) is 11.9. The lowest BCUT2D eigenvalue weighted by Gasteiger charge is -2.26. The molecular formula is C21H38N4O7S. The molecule has 0 saturated heterocycles. The van der Waals surface area contributed by atoms with E-state index in [0.29, 0.717) is 18.6 Å². The minimum Gasteiger partial charge on any atom is -0.481 e. The fraction of sp³-hybridized carbons (Fsp3) is 0.762. The first-order chi connectivity index (χ1) is 15.3. The van der Waals surface area contributed by atoms with Crippen LogP contribution in [-0.4, -0.2) is 76.0 Å². The van der Waals surface area contributed by atoms with Crippen molar-refractivity contribution in [1.29, 1.82) is 0 Å². The summed E-state index contributed by atoms with van der Waals surface area (Å²) < 4.78 is 0. The molecule has 12 heteroatoms.